The van der Waals surface area contributed by atoms with Gasteiger partial charge < -0.3 is 9.73 Å². The molecule has 0 radical (unpaired) electrons. The molecule has 0 unspecified atom stereocenters. The van der Waals surface area contributed by atoms with Crippen LogP contribution in [0.4, 0.5) is 0 Å². The molecule has 0 fully saturated rings. The second kappa shape index (κ2) is 3.48. The second-order valence-electron chi connectivity index (χ2n) is 2.99. The third-order valence-electron chi connectivity index (χ3n) is 1.93. The summed E-state index contributed by atoms with van der Waals surface area (Å²) in [6.07, 6.45) is 0. The molecule has 0 bridgehead atoms. The quantitative estimate of drug-likeness (QED) is 0.793. The number of H-pyrrole nitrogens is 1. The van der Waals surface area contributed by atoms with E-state index in [1.54, 1.807) is 12.1 Å². The zero-order chi connectivity index (χ0) is 10.1. The molecule has 0 aliphatic heterocycles. The fourth-order valence-corrected chi connectivity index (χ4v) is 1.65. The highest BCUT2D eigenvalue weighted by molar-refractivity contribution is 6.31. The molecule has 1 aromatic heterocycles. The van der Waals surface area contributed by atoms with E-state index < -0.39 is 5.76 Å². The number of aromatic nitrogens is 1. The van der Waals surface area contributed by atoms with E-state index in [1.165, 1.54) is 0 Å². The second-order valence-corrected chi connectivity index (χ2v) is 3.42. The van der Waals surface area contributed by atoms with E-state index in [4.69, 9.17) is 16.0 Å². The van der Waals surface area contributed by atoms with Gasteiger partial charge in [-0.05, 0) is 19.2 Å². The Morgan fingerprint density at radius 1 is 1.57 bits per heavy atom. The molecular weight excluding hydrogens is 204 g/mol. The molecule has 0 aliphatic carbocycles. The first kappa shape index (κ1) is 9.30. The monoisotopic (exact) mass is 212 g/mol. The van der Waals surface area contributed by atoms with Gasteiger partial charge in [0.05, 0.1) is 5.52 Å². The molecule has 4 nitrogen and oxygen atoms in total. The number of rotatable bonds is 2. The number of hydrogen-bond acceptors (Lipinski definition) is 3. The van der Waals surface area contributed by atoms with Gasteiger partial charge in [0, 0.05) is 17.1 Å². The van der Waals surface area contributed by atoms with Crippen molar-refractivity contribution in [3.63, 3.8) is 0 Å². The van der Waals surface area contributed by atoms with E-state index in [-0.39, 0.29) is 0 Å². The van der Waals surface area contributed by atoms with Gasteiger partial charge >= 0.3 is 5.76 Å². The van der Waals surface area contributed by atoms with Gasteiger partial charge in [0.15, 0.2) is 5.58 Å². The van der Waals surface area contributed by atoms with Crippen LogP contribution in [0.5, 0.6) is 0 Å². The molecule has 2 aromatic rings. The summed E-state index contributed by atoms with van der Waals surface area (Å²) in [5, 5.41) is 3.56. The Kier molecular flexibility index (Phi) is 2.31. The van der Waals surface area contributed by atoms with E-state index in [9.17, 15) is 4.79 Å². The minimum Gasteiger partial charge on any atom is -0.408 e. The number of fused-ring (bicyclic) bond motifs is 1. The van der Waals surface area contributed by atoms with Crippen molar-refractivity contribution >= 4 is 22.7 Å². The zero-order valence-corrected chi connectivity index (χ0v) is 8.31. The number of benzene rings is 1. The van der Waals surface area contributed by atoms with E-state index in [2.05, 4.69) is 10.3 Å². The number of hydrogen-bond donors (Lipinski definition) is 2. The molecule has 0 atom stereocenters. The molecular formula is C9H9ClN2O2. The molecule has 14 heavy (non-hydrogen) atoms. The Hall–Kier alpha value is -1.26. The molecule has 2 rings (SSSR count). The molecule has 0 spiro atoms. The first-order chi connectivity index (χ1) is 6.70. The maximum atomic E-state index is 11.0. The summed E-state index contributed by atoms with van der Waals surface area (Å²) in [7, 11) is 1.82. The minimum atomic E-state index is -0.459. The van der Waals surface area contributed by atoms with E-state index in [0.717, 1.165) is 5.56 Å². The number of oxazole rings is 1. The predicted molar refractivity (Wildman–Crippen MR) is 54.6 cm³/mol. The number of halogens is 1. The van der Waals surface area contributed by atoms with Gasteiger partial charge in [0.25, 0.3) is 0 Å². The Labute approximate surface area is 84.9 Å². The predicted octanol–water partition coefficient (Wildman–Crippen LogP) is 1.49. The lowest BCUT2D eigenvalue weighted by Gasteiger charge is -2.00. The topological polar surface area (TPSA) is 58.0 Å². The fraction of sp³-hybridized carbons (Fsp3) is 0.222. The average molecular weight is 213 g/mol. The van der Waals surface area contributed by atoms with Gasteiger partial charge in [0.1, 0.15) is 0 Å². The molecule has 0 saturated carbocycles. The van der Waals surface area contributed by atoms with Crippen LogP contribution in [0.3, 0.4) is 0 Å². The molecule has 74 valence electrons. The third kappa shape index (κ3) is 1.54. The number of aromatic amines is 1. The van der Waals surface area contributed by atoms with E-state index in [0.29, 0.717) is 22.7 Å². The van der Waals surface area contributed by atoms with Crippen LogP contribution in [0.25, 0.3) is 11.1 Å². The van der Waals surface area contributed by atoms with Gasteiger partial charge in [-0.2, -0.15) is 0 Å². The highest BCUT2D eigenvalue weighted by atomic mass is 35.5. The van der Waals surface area contributed by atoms with Crippen molar-refractivity contribution in [3.8, 4) is 0 Å². The SMILES string of the molecule is CNCc1cc(Cl)cc2[nH]c(=O)oc12. The average Bonchev–Trinajstić information content (AvgIpc) is 2.45. The molecule has 2 N–H and O–H groups in total. The van der Waals surface area contributed by atoms with Crippen LogP contribution in [0.2, 0.25) is 5.02 Å². The normalized spacial score (nSPS) is 11.0. The lowest BCUT2D eigenvalue weighted by Crippen LogP contribution is -2.05. The lowest BCUT2D eigenvalue weighted by molar-refractivity contribution is 0.550. The zero-order valence-electron chi connectivity index (χ0n) is 7.56. The van der Waals surface area contributed by atoms with Gasteiger partial charge in [-0.15, -0.1) is 0 Å². The summed E-state index contributed by atoms with van der Waals surface area (Å²) in [5.41, 5.74) is 2.06. The van der Waals surface area contributed by atoms with Crippen LogP contribution in [0.15, 0.2) is 21.3 Å². The van der Waals surface area contributed by atoms with Crippen molar-refractivity contribution < 1.29 is 4.42 Å². The van der Waals surface area contributed by atoms with Gasteiger partial charge in [-0.1, -0.05) is 11.6 Å². The molecule has 0 aliphatic rings. The van der Waals surface area contributed by atoms with Crippen LogP contribution in [-0.2, 0) is 6.54 Å². The maximum absolute atomic E-state index is 11.0. The highest BCUT2D eigenvalue weighted by Gasteiger charge is 2.07. The lowest BCUT2D eigenvalue weighted by atomic mass is 10.2. The van der Waals surface area contributed by atoms with Gasteiger partial charge in [-0.25, -0.2) is 4.79 Å². The summed E-state index contributed by atoms with van der Waals surface area (Å²) in [6, 6.07) is 3.44. The number of nitrogens with one attached hydrogen (secondary N) is 2. The van der Waals surface area contributed by atoms with Crippen molar-refractivity contribution in [2.75, 3.05) is 7.05 Å². The largest absolute Gasteiger partial charge is 0.417 e. The van der Waals surface area contributed by atoms with Gasteiger partial charge in [-0.3, -0.25) is 4.98 Å². The van der Waals surface area contributed by atoms with Crippen LogP contribution in [0, 0.1) is 0 Å². The van der Waals surface area contributed by atoms with Crippen molar-refractivity contribution in [3.05, 3.63) is 33.3 Å². The van der Waals surface area contributed by atoms with Crippen molar-refractivity contribution in [2.24, 2.45) is 0 Å². The Morgan fingerprint density at radius 2 is 2.36 bits per heavy atom. The summed E-state index contributed by atoms with van der Waals surface area (Å²) < 4.78 is 5.00. The molecule has 5 heteroatoms. The van der Waals surface area contributed by atoms with E-state index >= 15 is 0 Å². The summed E-state index contributed by atoms with van der Waals surface area (Å²) in [6.45, 7) is 0.609. The Morgan fingerprint density at radius 3 is 3.07 bits per heavy atom. The minimum absolute atomic E-state index is 0.459. The van der Waals surface area contributed by atoms with Gasteiger partial charge in [0.2, 0.25) is 0 Å². The molecule has 1 aromatic carbocycles. The fourth-order valence-electron chi connectivity index (χ4n) is 1.41. The van der Waals surface area contributed by atoms with Crippen LogP contribution in [-0.4, -0.2) is 12.0 Å². The molecule has 0 amide bonds. The summed E-state index contributed by atoms with van der Waals surface area (Å²) in [5.74, 6) is -0.459. The molecule has 0 saturated heterocycles. The molecule has 1 heterocycles. The van der Waals surface area contributed by atoms with Crippen molar-refractivity contribution in [2.45, 2.75) is 6.54 Å². The summed E-state index contributed by atoms with van der Waals surface area (Å²) in [4.78, 5) is 13.5. The van der Waals surface area contributed by atoms with Crippen LogP contribution >= 0.6 is 11.6 Å². The standard InChI is InChI=1S/C9H9ClN2O2/c1-11-4-5-2-6(10)3-7-8(5)14-9(13)12-7/h2-3,11H,4H2,1H3,(H,12,13). The smallest absolute Gasteiger partial charge is 0.408 e. The van der Waals surface area contributed by atoms with Crippen molar-refractivity contribution in [1.82, 2.24) is 10.3 Å². The first-order valence-electron chi connectivity index (χ1n) is 4.16. The summed E-state index contributed by atoms with van der Waals surface area (Å²) >= 11 is 5.88. The highest BCUT2D eigenvalue weighted by Crippen LogP contribution is 2.21. The Balaban J connectivity index is 2.72. The maximum Gasteiger partial charge on any atom is 0.417 e. The van der Waals surface area contributed by atoms with Crippen molar-refractivity contribution in [1.29, 1.82) is 0 Å². The van der Waals surface area contributed by atoms with E-state index in [1.807, 2.05) is 7.05 Å². The first-order valence-corrected chi connectivity index (χ1v) is 4.54. The van der Waals surface area contributed by atoms with Crippen LogP contribution < -0.4 is 11.1 Å². The Bertz CT molecular complexity index is 515. The van der Waals surface area contributed by atoms with Crippen LogP contribution in [0.1, 0.15) is 5.56 Å². The third-order valence-corrected chi connectivity index (χ3v) is 2.15.